The minimum Gasteiger partial charge on any atom is -0.464 e. The van der Waals surface area contributed by atoms with Crippen molar-refractivity contribution in [2.45, 2.75) is 36.6 Å². The molecule has 1 aliphatic rings. The molecule has 2 aromatic rings. The Morgan fingerprint density at radius 2 is 2.00 bits per heavy atom. The first-order valence-corrected chi connectivity index (χ1v) is 10.1. The predicted molar refractivity (Wildman–Crippen MR) is 105 cm³/mol. The van der Waals surface area contributed by atoms with E-state index in [4.69, 9.17) is 10.5 Å². The van der Waals surface area contributed by atoms with E-state index in [0.29, 0.717) is 10.8 Å². The fraction of sp³-hybridized carbons (Fsp3) is 0.444. The molecule has 0 amide bonds. The van der Waals surface area contributed by atoms with Crippen molar-refractivity contribution < 1.29 is 17.9 Å². The summed E-state index contributed by atoms with van der Waals surface area (Å²) in [4.78, 5) is 16.1. The molecule has 0 radical (unpaired) electrons. The van der Waals surface area contributed by atoms with Crippen LogP contribution in [0.3, 0.4) is 0 Å². The summed E-state index contributed by atoms with van der Waals surface area (Å²) < 4.78 is 33.5. The molecule has 1 atom stereocenters. The summed E-state index contributed by atoms with van der Waals surface area (Å²) in [5.41, 5.74) is 5.93. The van der Waals surface area contributed by atoms with Crippen LogP contribution < -0.4 is 10.5 Å². The van der Waals surface area contributed by atoms with Gasteiger partial charge in [-0.25, -0.2) is 22.9 Å². The average Bonchev–Trinajstić information content (AvgIpc) is 3.19. The van der Waals surface area contributed by atoms with Crippen molar-refractivity contribution in [1.29, 1.82) is 0 Å². The molecule has 1 saturated carbocycles. The monoisotopic (exact) mass is 413 g/mol. The zero-order chi connectivity index (χ0) is 18.7. The third kappa shape index (κ3) is 4.40. The average molecular weight is 414 g/mol. The Balaban J connectivity index is 0.00000261. The number of nitrogens with one attached hydrogen (secondary N) is 1. The lowest BCUT2D eigenvalue weighted by Crippen LogP contribution is -2.44. The molecule has 3 rings (SSSR count). The van der Waals surface area contributed by atoms with Crippen molar-refractivity contribution in [1.82, 2.24) is 9.71 Å². The number of methoxy groups -OCH3 is 1. The molecule has 1 aromatic heterocycles. The van der Waals surface area contributed by atoms with Gasteiger partial charge in [0, 0.05) is 29.6 Å². The number of aromatic nitrogens is 1. The van der Waals surface area contributed by atoms with Crippen molar-refractivity contribution in [2.24, 2.45) is 11.7 Å². The van der Waals surface area contributed by atoms with E-state index >= 15 is 0 Å². The number of hydrogen-bond acceptors (Lipinski definition) is 6. The van der Waals surface area contributed by atoms with E-state index in [1.54, 1.807) is 18.2 Å². The molecule has 0 aliphatic heterocycles. The van der Waals surface area contributed by atoms with Gasteiger partial charge in [-0.3, -0.25) is 0 Å². The van der Waals surface area contributed by atoms with Crippen LogP contribution in [0.15, 0.2) is 35.4 Å². The van der Waals surface area contributed by atoms with Crippen LogP contribution in [-0.2, 0) is 14.8 Å². The molecule has 1 aromatic carbocycles. The van der Waals surface area contributed by atoms with Gasteiger partial charge in [-0.05, 0) is 30.9 Å². The van der Waals surface area contributed by atoms with Gasteiger partial charge in [-0.15, -0.1) is 12.4 Å². The number of nitrogens with zero attached hydrogens (tertiary/aromatic N) is 1. The second-order valence-electron chi connectivity index (χ2n) is 6.51. The van der Waals surface area contributed by atoms with Crippen LogP contribution in [0.25, 0.3) is 10.8 Å². The molecule has 0 saturated heterocycles. The number of carbonyl (C=O) groups excluding carboxylic acids is 1. The van der Waals surface area contributed by atoms with Gasteiger partial charge in [0.2, 0.25) is 10.0 Å². The Morgan fingerprint density at radius 1 is 1.30 bits per heavy atom. The van der Waals surface area contributed by atoms with Gasteiger partial charge in [0.05, 0.1) is 12.0 Å². The summed E-state index contributed by atoms with van der Waals surface area (Å²) in [6.07, 6.45) is 5.58. The number of benzene rings is 1. The van der Waals surface area contributed by atoms with Crippen LogP contribution in [0.5, 0.6) is 0 Å². The van der Waals surface area contributed by atoms with E-state index in [0.717, 1.165) is 25.7 Å². The van der Waals surface area contributed by atoms with Crippen LogP contribution in [0.1, 0.15) is 36.2 Å². The number of nitrogens with two attached hydrogens (primary N) is 1. The number of pyridine rings is 1. The van der Waals surface area contributed by atoms with Gasteiger partial charge in [0.25, 0.3) is 0 Å². The Bertz CT molecular complexity index is 914. The SMILES string of the molecule is COC(=O)c1nccc2c(S(=O)(=O)NC(CN)C3CCCC3)cccc12.Cl. The third-order valence-corrected chi connectivity index (χ3v) is 6.51. The number of ether oxygens (including phenoxy) is 1. The molecular formula is C18H24ClN3O4S. The van der Waals surface area contributed by atoms with E-state index < -0.39 is 16.0 Å². The minimum absolute atomic E-state index is 0. The molecule has 1 aliphatic carbocycles. The quantitative estimate of drug-likeness (QED) is 0.702. The molecule has 0 bridgehead atoms. The number of rotatable bonds is 6. The molecule has 9 heteroatoms. The summed E-state index contributed by atoms with van der Waals surface area (Å²) in [6.45, 7) is 0.254. The molecular weight excluding hydrogens is 390 g/mol. The molecule has 148 valence electrons. The van der Waals surface area contributed by atoms with Crippen molar-refractivity contribution in [2.75, 3.05) is 13.7 Å². The van der Waals surface area contributed by atoms with Crippen LogP contribution in [0.2, 0.25) is 0 Å². The van der Waals surface area contributed by atoms with E-state index in [2.05, 4.69) is 9.71 Å². The molecule has 0 spiro atoms. The maximum atomic E-state index is 13.0. The van der Waals surface area contributed by atoms with Crippen molar-refractivity contribution in [3.05, 3.63) is 36.2 Å². The maximum absolute atomic E-state index is 13.0. The first-order chi connectivity index (χ1) is 12.5. The van der Waals surface area contributed by atoms with Gasteiger partial charge >= 0.3 is 5.97 Å². The van der Waals surface area contributed by atoms with Crippen molar-refractivity contribution in [3.8, 4) is 0 Å². The topological polar surface area (TPSA) is 111 Å². The zero-order valence-corrected chi connectivity index (χ0v) is 16.7. The highest BCUT2D eigenvalue weighted by Gasteiger charge is 2.29. The van der Waals surface area contributed by atoms with E-state index in [-0.39, 0.29) is 41.5 Å². The summed E-state index contributed by atoms with van der Waals surface area (Å²) >= 11 is 0. The highest BCUT2D eigenvalue weighted by Crippen LogP contribution is 2.29. The fourth-order valence-corrected chi connectivity index (χ4v) is 5.17. The number of esters is 1. The number of carbonyl (C=O) groups is 1. The first kappa shape index (κ1) is 21.6. The molecule has 27 heavy (non-hydrogen) atoms. The fourth-order valence-electron chi connectivity index (χ4n) is 3.63. The van der Waals surface area contributed by atoms with E-state index in [1.807, 2.05) is 0 Å². The van der Waals surface area contributed by atoms with Crippen LogP contribution >= 0.6 is 12.4 Å². The molecule has 1 fully saturated rings. The Morgan fingerprint density at radius 3 is 2.63 bits per heavy atom. The van der Waals surface area contributed by atoms with Gasteiger partial charge in [0.1, 0.15) is 0 Å². The van der Waals surface area contributed by atoms with Gasteiger partial charge in [-0.2, -0.15) is 0 Å². The molecule has 1 unspecified atom stereocenters. The molecule has 1 heterocycles. The lowest BCUT2D eigenvalue weighted by Gasteiger charge is -2.23. The second-order valence-corrected chi connectivity index (χ2v) is 8.19. The first-order valence-electron chi connectivity index (χ1n) is 8.66. The third-order valence-electron chi connectivity index (χ3n) is 4.96. The highest BCUT2D eigenvalue weighted by atomic mass is 35.5. The van der Waals surface area contributed by atoms with Crippen LogP contribution in [0.4, 0.5) is 0 Å². The zero-order valence-electron chi connectivity index (χ0n) is 15.1. The van der Waals surface area contributed by atoms with Gasteiger partial charge in [0.15, 0.2) is 5.69 Å². The van der Waals surface area contributed by atoms with Crippen LogP contribution in [0, 0.1) is 5.92 Å². The smallest absolute Gasteiger partial charge is 0.357 e. The normalized spacial score (nSPS) is 16.1. The number of halogens is 1. The van der Waals surface area contributed by atoms with Gasteiger partial charge < -0.3 is 10.5 Å². The van der Waals surface area contributed by atoms with Crippen LogP contribution in [-0.4, -0.2) is 39.1 Å². The predicted octanol–water partition coefficient (Wildman–Crippen LogP) is 2.24. The highest BCUT2D eigenvalue weighted by molar-refractivity contribution is 7.89. The minimum atomic E-state index is -3.79. The Labute approximate surface area is 165 Å². The molecule has 7 nitrogen and oxygen atoms in total. The number of fused-ring (bicyclic) bond motifs is 1. The van der Waals surface area contributed by atoms with E-state index in [1.165, 1.54) is 19.4 Å². The lowest BCUT2D eigenvalue weighted by atomic mass is 9.99. The standard InChI is InChI=1S/C18H23N3O4S.ClH/c1-25-18(22)17-14-7-4-8-16(13(14)9-10-20-17)26(23,24)21-15(11-19)12-5-2-3-6-12;/h4,7-10,12,15,21H,2-3,5-6,11,19H2,1H3;1H. The summed E-state index contributed by atoms with van der Waals surface area (Å²) in [7, 11) is -2.53. The summed E-state index contributed by atoms with van der Waals surface area (Å²) in [5, 5.41) is 0.866. The number of hydrogen-bond donors (Lipinski definition) is 2. The second kappa shape index (κ2) is 8.97. The summed E-state index contributed by atoms with van der Waals surface area (Å²) in [5.74, 6) is -0.346. The van der Waals surface area contributed by atoms with Crippen molar-refractivity contribution in [3.63, 3.8) is 0 Å². The molecule has 3 N–H and O–H groups in total. The van der Waals surface area contributed by atoms with Crippen molar-refractivity contribution >= 4 is 39.2 Å². The largest absolute Gasteiger partial charge is 0.464 e. The summed E-state index contributed by atoms with van der Waals surface area (Å²) in [6, 6.07) is 6.07. The maximum Gasteiger partial charge on any atom is 0.357 e. The Hall–Kier alpha value is -1.74. The lowest BCUT2D eigenvalue weighted by molar-refractivity contribution is 0.0596. The number of sulfonamides is 1. The van der Waals surface area contributed by atoms with Gasteiger partial charge in [-0.1, -0.05) is 25.0 Å². The Kier molecular flexibility index (Phi) is 7.16. The van der Waals surface area contributed by atoms with E-state index in [9.17, 15) is 13.2 Å².